The van der Waals surface area contributed by atoms with Crippen LogP contribution < -0.4 is 10.9 Å². The third-order valence-electron chi connectivity index (χ3n) is 6.00. The molecule has 0 atom stereocenters. The van der Waals surface area contributed by atoms with Crippen molar-refractivity contribution in [3.8, 4) is 16.9 Å². The Morgan fingerprint density at radius 2 is 1.61 bits per heavy atom. The van der Waals surface area contributed by atoms with Crippen LogP contribution in [0.25, 0.3) is 16.9 Å². The average molecular weight is 475 g/mol. The molecular weight excluding hydrogens is 448 g/mol. The number of nitrogens with one attached hydrogen (secondary N) is 1. The second kappa shape index (κ2) is 10.3. The Kier molecular flexibility index (Phi) is 6.58. The molecule has 3 aromatic carbocycles. The third-order valence-corrected chi connectivity index (χ3v) is 6.00. The van der Waals surface area contributed by atoms with Crippen molar-refractivity contribution < 1.29 is 4.79 Å². The van der Waals surface area contributed by atoms with E-state index in [4.69, 9.17) is 5.10 Å². The van der Waals surface area contributed by atoms with Gasteiger partial charge in [-0.1, -0.05) is 72.3 Å². The average Bonchev–Trinajstić information content (AvgIpc) is 3.36. The van der Waals surface area contributed by atoms with E-state index in [0.717, 1.165) is 27.9 Å². The molecule has 0 aliphatic rings. The summed E-state index contributed by atoms with van der Waals surface area (Å²) in [7, 11) is 0. The van der Waals surface area contributed by atoms with Gasteiger partial charge in [0.15, 0.2) is 0 Å². The first kappa shape index (κ1) is 23.1. The summed E-state index contributed by atoms with van der Waals surface area (Å²) >= 11 is 0. The minimum Gasteiger partial charge on any atom is -0.348 e. The molecule has 0 fully saturated rings. The van der Waals surface area contributed by atoms with Crippen molar-refractivity contribution in [1.29, 1.82) is 0 Å². The van der Waals surface area contributed by atoms with Crippen molar-refractivity contribution >= 4 is 5.91 Å². The number of para-hydroxylation sites is 1. The molecule has 2 heterocycles. The van der Waals surface area contributed by atoms with Gasteiger partial charge >= 0.3 is 0 Å². The van der Waals surface area contributed by atoms with E-state index in [-0.39, 0.29) is 11.5 Å². The summed E-state index contributed by atoms with van der Waals surface area (Å²) in [6.45, 7) is 2.91. The van der Waals surface area contributed by atoms with Gasteiger partial charge in [0, 0.05) is 30.6 Å². The smallest absolute Gasteiger partial charge is 0.255 e. The van der Waals surface area contributed by atoms with Crippen LogP contribution in [0, 0.1) is 6.92 Å². The first-order chi connectivity index (χ1) is 17.6. The normalized spacial score (nSPS) is 10.8. The number of hydrogen-bond donors (Lipinski definition) is 1. The first-order valence-corrected chi connectivity index (χ1v) is 11.8. The van der Waals surface area contributed by atoms with Crippen molar-refractivity contribution in [2.45, 2.75) is 20.0 Å². The standard InChI is InChI=1S/C30H26N4O2/c1-22-8-7-9-25(18-22)29-27(21-34(32-29)26-10-3-2-4-11-26)30(36)31-19-23-13-15-24(16-14-23)20-33-17-6-5-12-28(33)35/h2-18,21H,19-20H2,1H3,(H,31,36). The van der Waals surface area contributed by atoms with E-state index < -0.39 is 0 Å². The lowest BCUT2D eigenvalue weighted by molar-refractivity contribution is 0.0951. The summed E-state index contributed by atoms with van der Waals surface area (Å²) in [5, 5.41) is 7.79. The van der Waals surface area contributed by atoms with Gasteiger partial charge in [-0.25, -0.2) is 4.68 Å². The maximum atomic E-state index is 13.3. The molecule has 0 saturated carbocycles. The third kappa shape index (κ3) is 5.18. The van der Waals surface area contributed by atoms with Crippen LogP contribution in [0.5, 0.6) is 0 Å². The quantitative estimate of drug-likeness (QED) is 0.361. The molecule has 1 amide bonds. The number of carbonyl (C=O) groups excluding carboxylic acids is 1. The topological polar surface area (TPSA) is 68.9 Å². The fourth-order valence-corrected chi connectivity index (χ4v) is 4.09. The van der Waals surface area contributed by atoms with Gasteiger partial charge in [0.25, 0.3) is 11.5 Å². The Hall–Kier alpha value is -4.71. The van der Waals surface area contributed by atoms with Gasteiger partial charge in [0.2, 0.25) is 0 Å². The Morgan fingerprint density at radius 1 is 0.861 bits per heavy atom. The SMILES string of the molecule is Cc1cccc(-c2nn(-c3ccccc3)cc2C(=O)NCc2ccc(Cn3ccccc3=O)cc2)c1. The highest BCUT2D eigenvalue weighted by Gasteiger charge is 2.18. The molecule has 0 bridgehead atoms. The highest BCUT2D eigenvalue weighted by molar-refractivity contribution is 6.00. The Labute approximate surface area is 209 Å². The zero-order valence-electron chi connectivity index (χ0n) is 20.0. The number of carbonyl (C=O) groups is 1. The predicted molar refractivity (Wildman–Crippen MR) is 141 cm³/mol. The summed E-state index contributed by atoms with van der Waals surface area (Å²) in [4.78, 5) is 25.2. The number of pyridine rings is 1. The molecule has 178 valence electrons. The number of nitrogens with zero attached hydrogens (tertiary/aromatic N) is 3. The summed E-state index contributed by atoms with van der Waals surface area (Å²) in [5.74, 6) is -0.186. The number of benzene rings is 3. The van der Waals surface area contributed by atoms with Crippen molar-refractivity contribution in [2.24, 2.45) is 0 Å². The van der Waals surface area contributed by atoms with Crippen molar-refractivity contribution in [1.82, 2.24) is 19.7 Å². The number of amides is 1. The van der Waals surface area contributed by atoms with Crippen LogP contribution in [-0.2, 0) is 13.1 Å². The fraction of sp³-hybridized carbons (Fsp3) is 0.100. The lowest BCUT2D eigenvalue weighted by atomic mass is 10.1. The van der Waals surface area contributed by atoms with Crippen molar-refractivity contribution in [2.75, 3.05) is 0 Å². The molecule has 2 aromatic heterocycles. The first-order valence-electron chi connectivity index (χ1n) is 11.8. The van der Waals surface area contributed by atoms with Crippen LogP contribution in [0.1, 0.15) is 27.0 Å². The molecule has 36 heavy (non-hydrogen) atoms. The second-order valence-electron chi connectivity index (χ2n) is 8.71. The predicted octanol–water partition coefficient (Wildman–Crippen LogP) is 4.99. The molecule has 5 rings (SSSR count). The van der Waals surface area contributed by atoms with E-state index in [9.17, 15) is 9.59 Å². The molecule has 1 N–H and O–H groups in total. The second-order valence-corrected chi connectivity index (χ2v) is 8.71. The molecule has 0 aliphatic heterocycles. The largest absolute Gasteiger partial charge is 0.348 e. The number of aromatic nitrogens is 3. The highest BCUT2D eigenvalue weighted by Crippen LogP contribution is 2.25. The number of aryl methyl sites for hydroxylation is 1. The zero-order valence-corrected chi connectivity index (χ0v) is 20.0. The molecule has 6 heteroatoms. The van der Waals surface area contributed by atoms with E-state index in [2.05, 4.69) is 5.32 Å². The molecule has 6 nitrogen and oxygen atoms in total. The maximum Gasteiger partial charge on any atom is 0.255 e. The van der Waals surface area contributed by atoms with E-state index in [0.29, 0.717) is 24.3 Å². The number of hydrogen-bond acceptors (Lipinski definition) is 3. The van der Waals surface area contributed by atoms with Gasteiger partial charge in [-0.15, -0.1) is 0 Å². The van der Waals surface area contributed by atoms with E-state index >= 15 is 0 Å². The van der Waals surface area contributed by atoms with Crippen molar-refractivity contribution in [3.63, 3.8) is 0 Å². The van der Waals surface area contributed by atoms with E-state index in [1.165, 1.54) is 0 Å². The lowest BCUT2D eigenvalue weighted by Crippen LogP contribution is -2.23. The minimum absolute atomic E-state index is 0.0331. The highest BCUT2D eigenvalue weighted by atomic mass is 16.1. The van der Waals surface area contributed by atoms with Crippen LogP contribution >= 0.6 is 0 Å². The van der Waals surface area contributed by atoms with E-state index in [1.807, 2.05) is 91.9 Å². The van der Waals surface area contributed by atoms with Crippen LogP contribution in [0.2, 0.25) is 0 Å². The van der Waals surface area contributed by atoms with Crippen LogP contribution in [-0.4, -0.2) is 20.3 Å². The molecule has 0 spiro atoms. The van der Waals surface area contributed by atoms with E-state index in [1.54, 1.807) is 33.8 Å². The van der Waals surface area contributed by atoms with Crippen LogP contribution in [0.3, 0.4) is 0 Å². The van der Waals surface area contributed by atoms with Gasteiger partial charge in [0.1, 0.15) is 5.69 Å². The molecule has 0 unspecified atom stereocenters. The molecular formula is C30H26N4O2. The van der Waals surface area contributed by atoms with Gasteiger partial charge in [0.05, 0.1) is 17.8 Å². The molecule has 0 radical (unpaired) electrons. The Bertz CT molecular complexity index is 1550. The maximum absolute atomic E-state index is 13.3. The zero-order chi connectivity index (χ0) is 24.9. The van der Waals surface area contributed by atoms with Gasteiger partial charge in [-0.3, -0.25) is 9.59 Å². The summed E-state index contributed by atoms with van der Waals surface area (Å²) in [6.07, 6.45) is 3.56. The minimum atomic E-state index is -0.186. The van der Waals surface area contributed by atoms with Crippen LogP contribution in [0.15, 0.2) is 114 Å². The summed E-state index contributed by atoms with van der Waals surface area (Å²) in [5.41, 5.74) is 6.01. The fourth-order valence-electron chi connectivity index (χ4n) is 4.09. The monoisotopic (exact) mass is 474 g/mol. The molecule has 5 aromatic rings. The molecule has 0 aliphatic carbocycles. The van der Waals surface area contributed by atoms with Crippen LogP contribution in [0.4, 0.5) is 0 Å². The van der Waals surface area contributed by atoms with Crippen molar-refractivity contribution in [3.05, 3.63) is 142 Å². The van der Waals surface area contributed by atoms with Gasteiger partial charge in [-0.2, -0.15) is 5.10 Å². The Balaban J connectivity index is 1.34. The Morgan fingerprint density at radius 3 is 2.36 bits per heavy atom. The lowest BCUT2D eigenvalue weighted by Gasteiger charge is -2.08. The number of rotatable bonds is 7. The summed E-state index contributed by atoms with van der Waals surface area (Å²) in [6, 6.07) is 30.8. The van der Waals surface area contributed by atoms with Gasteiger partial charge < -0.3 is 9.88 Å². The summed E-state index contributed by atoms with van der Waals surface area (Å²) < 4.78 is 3.40. The molecule has 0 saturated heterocycles. The van der Waals surface area contributed by atoms with Gasteiger partial charge in [-0.05, 0) is 42.3 Å².